The Balaban J connectivity index is 1.37. The summed E-state index contributed by atoms with van der Waals surface area (Å²) in [6.07, 6.45) is 7.62. The smallest absolute Gasteiger partial charge is 0.264 e. The van der Waals surface area contributed by atoms with Crippen molar-refractivity contribution in [2.45, 2.75) is 53.2 Å². The van der Waals surface area contributed by atoms with Crippen LogP contribution in [0.4, 0.5) is 0 Å². The van der Waals surface area contributed by atoms with Crippen molar-refractivity contribution in [1.82, 2.24) is 19.4 Å². The van der Waals surface area contributed by atoms with Gasteiger partial charge in [-0.05, 0) is 71.6 Å². The monoisotopic (exact) mass is 633 g/mol. The standard InChI is InChI=1S/C38H43N5O4/c1-24-29-10-9-25(15-26(29)12-14-43(24)36(44)28(19-39)18-38(2,3)4)21-41(5)22-33-34(46-7)16-27(17-35(33)47-8)32-23-42(6)37(45)31-20-40-13-11-30(31)32/h9-11,13,15-18,20,23-24H,12,14,21-22H2,1-8H3/b28-18+. The van der Waals surface area contributed by atoms with E-state index < -0.39 is 0 Å². The number of ether oxygens (including phenoxy) is 2. The fourth-order valence-electron chi connectivity index (χ4n) is 6.47. The zero-order chi connectivity index (χ0) is 34.0. The second-order valence-corrected chi connectivity index (χ2v) is 13.4. The van der Waals surface area contributed by atoms with Crippen molar-refractivity contribution in [3.63, 3.8) is 0 Å². The Morgan fingerprint density at radius 1 is 1.11 bits per heavy atom. The largest absolute Gasteiger partial charge is 0.496 e. The number of amides is 1. The van der Waals surface area contributed by atoms with Crippen molar-refractivity contribution < 1.29 is 14.3 Å². The molecule has 0 spiro atoms. The molecule has 9 nitrogen and oxygen atoms in total. The van der Waals surface area contributed by atoms with E-state index in [1.807, 2.05) is 57.0 Å². The molecule has 0 saturated carbocycles. The molecule has 1 atom stereocenters. The summed E-state index contributed by atoms with van der Waals surface area (Å²) in [7, 11) is 7.11. The number of allylic oxidation sites excluding steroid dienone is 1. The summed E-state index contributed by atoms with van der Waals surface area (Å²) in [4.78, 5) is 34.2. The maximum atomic E-state index is 13.3. The molecular formula is C38H43N5O4. The Morgan fingerprint density at radius 3 is 2.45 bits per heavy atom. The fourth-order valence-corrected chi connectivity index (χ4v) is 6.47. The number of benzene rings is 2. The molecule has 1 unspecified atom stereocenters. The summed E-state index contributed by atoms with van der Waals surface area (Å²) in [5.74, 6) is 1.19. The number of aryl methyl sites for hydroxylation is 1. The number of methoxy groups -OCH3 is 2. The van der Waals surface area contributed by atoms with Gasteiger partial charge in [-0.2, -0.15) is 5.26 Å². The van der Waals surface area contributed by atoms with Gasteiger partial charge in [-0.1, -0.05) is 45.0 Å². The minimum absolute atomic E-state index is 0.0992. The highest BCUT2D eigenvalue weighted by Crippen LogP contribution is 2.38. The van der Waals surface area contributed by atoms with Gasteiger partial charge in [0.2, 0.25) is 0 Å². The highest BCUT2D eigenvalue weighted by Gasteiger charge is 2.30. The second-order valence-electron chi connectivity index (χ2n) is 13.4. The van der Waals surface area contributed by atoms with Crippen molar-refractivity contribution in [3.8, 4) is 28.7 Å². The maximum absolute atomic E-state index is 13.3. The van der Waals surface area contributed by atoms with Crippen molar-refractivity contribution in [2.75, 3.05) is 27.8 Å². The Kier molecular flexibility index (Phi) is 9.55. The lowest BCUT2D eigenvalue weighted by atomic mass is 9.90. The number of aromatic nitrogens is 2. The summed E-state index contributed by atoms with van der Waals surface area (Å²) < 4.78 is 13.4. The molecule has 9 heteroatoms. The zero-order valence-electron chi connectivity index (χ0n) is 28.5. The molecule has 0 fully saturated rings. The van der Waals surface area contributed by atoms with Gasteiger partial charge in [-0.3, -0.25) is 19.5 Å². The SMILES string of the molecule is COc1cc(-c2cn(C)c(=O)c3cnccc23)cc(OC)c1CN(C)Cc1ccc2c(c1)CCN(C(=O)/C(C#N)=C/C(C)(C)C)C2C. The molecule has 0 saturated heterocycles. The van der Waals surface area contributed by atoms with Crippen molar-refractivity contribution in [1.29, 1.82) is 5.26 Å². The van der Waals surface area contributed by atoms with Crippen molar-refractivity contribution in [2.24, 2.45) is 12.5 Å². The summed E-state index contributed by atoms with van der Waals surface area (Å²) >= 11 is 0. The van der Waals surface area contributed by atoms with Crippen LogP contribution in [0.2, 0.25) is 0 Å². The van der Waals surface area contributed by atoms with Gasteiger partial charge in [0.15, 0.2) is 0 Å². The van der Waals surface area contributed by atoms with Crippen LogP contribution in [0.15, 0.2) is 71.4 Å². The zero-order valence-corrected chi connectivity index (χ0v) is 28.5. The second kappa shape index (κ2) is 13.4. The molecular weight excluding hydrogens is 590 g/mol. The van der Waals surface area contributed by atoms with Gasteiger partial charge in [0.05, 0.1) is 31.2 Å². The third-order valence-electron chi connectivity index (χ3n) is 8.72. The number of nitrogens with zero attached hydrogens (tertiary/aromatic N) is 5. The number of nitriles is 1. The summed E-state index contributed by atoms with van der Waals surface area (Å²) in [5.41, 5.74) is 6.04. The number of hydrogen-bond donors (Lipinski definition) is 0. The molecule has 0 bridgehead atoms. The molecule has 0 aliphatic carbocycles. The normalized spacial score (nSPS) is 15.0. The summed E-state index contributed by atoms with van der Waals surface area (Å²) in [5, 5.41) is 11.1. The number of hydrogen-bond acceptors (Lipinski definition) is 7. The van der Waals surface area contributed by atoms with Gasteiger partial charge < -0.3 is 18.9 Å². The molecule has 1 aliphatic heterocycles. The van der Waals surface area contributed by atoms with Crippen LogP contribution in [0, 0.1) is 16.7 Å². The molecule has 4 aromatic rings. The molecule has 0 radical (unpaired) electrons. The van der Waals surface area contributed by atoms with E-state index in [1.54, 1.807) is 44.3 Å². The van der Waals surface area contributed by atoms with E-state index in [1.165, 1.54) is 11.1 Å². The Hall–Kier alpha value is -4.94. The van der Waals surface area contributed by atoms with Crippen LogP contribution in [0.25, 0.3) is 21.9 Å². The number of pyridine rings is 2. The van der Waals surface area contributed by atoms with Gasteiger partial charge in [0.1, 0.15) is 23.1 Å². The lowest BCUT2D eigenvalue weighted by Gasteiger charge is -2.36. The predicted molar refractivity (Wildman–Crippen MR) is 184 cm³/mol. The van der Waals surface area contributed by atoms with Gasteiger partial charge in [-0.15, -0.1) is 0 Å². The quantitative estimate of drug-likeness (QED) is 0.168. The number of carbonyl (C=O) groups is 1. The molecule has 0 N–H and O–H groups in total. The van der Waals surface area contributed by atoms with Crippen LogP contribution in [-0.4, -0.2) is 53.1 Å². The van der Waals surface area contributed by atoms with E-state index in [9.17, 15) is 14.9 Å². The first-order valence-electron chi connectivity index (χ1n) is 15.8. The minimum Gasteiger partial charge on any atom is -0.496 e. The van der Waals surface area contributed by atoms with Crippen LogP contribution in [-0.2, 0) is 31.4 Å². The Bertz CT molecular complexity index is 1940. The molecule has 47 heavy (non-hydrogen) atoms. The molecule has 3 heterocycles. The molecule has 2 aromatic heterocycles. The molecule has 1 aliphatic rings. The first-order valence-corrected chi connectivity index (χ1v) is 15.8. The third-order valence-corrected chi connectivity index (χ3v) is 8.72. The maximum Gasteiger partial charge on any atom is 0.264 e. The average molecular weight is 634 g/mol. The van der Waals surface area contributed by atoms with E-state index in [0.717, 1.165) is 34.1 Å². The summed E-state index contributed by atoms with van der Waals surface area (Å²) in [6, 6.07) is 14.3. The summed E-state index contributed by atoms with van der Waals surface area (Å²) in [6.45, 7) is 9.84. The molecule has 244 valence electrons. The number of rotatable bonds is 8. The van der Waals surface area contributed by atoms with Crippen LogP contribution in [0.5, 0.6) is 11.5 Å². The fraction of sp³-hybridized carbons (Fsp3) is 0.368. The van der Waals surface area contributed by atoms with E-state index in [-0.39, 0.29) is 28.5 Å². The van der Waals surface area contributed by atoms with Gasteiger partial charge in [0.25, 0.3) is 11.5 Å². The van der Waals surface area contributed by atoms with Crippen molar-refractivity contribution in [3.05, 3.63) is 99.2 Å². The van der Waals surface area contributed by atoms with E-state index in [0.29, 0.717) is 36.5 Å². The average Bonchev–Trinajstić information content (AvgIpc) is 3.04. The Labute approximate surface area is 276 Å². The lowest BCUT2D eigenvalue weighted by Crippen LogP contribution is -2.39. The lowest BCUT2D eigenvalue weighted by molar-refractivity contribution is -0.129. The van der Waals surface area contributed by atoms with Gasteiger partial charge in [-0.25, -0.2) is 0 Å². The van der Waals surface area contributed by atoms with Crippen molar-refractivity contribution >= 4 is 16.7 Å². The molecule has 1 amide bonds. The Morgan fingerprint density at radius 2 is 1.81 bits per heavy atom. The minimum atomic E-state index is -0.259. The molecule has 5 rings (SSSR count). The number of fused-ring (bicyclic) bond motifs is 2. The predicted octanol–water partition coefficient (Wildman–Crippen LogP) is 6.19. The highest BCUT2D eigenvalue weighted by molar-refractivity contribution is 5.98. The van der Waals surface area contributed by atoms with Crippen LogP contribution >= 0.6 is 0 Å². The van der Waals surface area contributed by atoms with E-state index in [4.69, 9.17) is 9.47 Å². The van der Waals surface area contributed by atoms with Gasteiger partial charge >= 0.3 is 0 Å². The first kappa shape index (κ1) is 33.4. The number of carbonyl (C=O) groups excluding carboxylic acids is 1. The van der Waals surface area contributed by atoms with Crippen LogP contribution in [0.1, 0.15) is 56.0 Å². The topological polar surface area (TPSA) is 101 Å². The van der Waals surface area contributed by atoms with Gasteiger partial charge in [0, 0.05) is 50.8 Å². The highest BCUT2D eigenvalue weighted by atomic mass is 16.5. The molecule has 2 aromatic carbocycles. The first-order chi connectivity index (χ1) is 22.3. The van der Waals surface area contributed by atoms with E-state index >= 15 is 0 Å². The van der Waals surface area contributed by atoms with Crippen LogP contribution < -0.4 is 15.0 Å². The van der Waals surface area contributed by atoms with Crippen LogP contribution in [0.3, 0.4) is 0 Å². The van der Waals surface area contributed by atoms with E-state index in [2.05, 4.69) is 41.2 Å². The third kappa shape index (κ3) is 6.93.